The lowest BCUT2D eigenvalue weighted by Crippen LogP contribution is -2.26. The first-order chi connectivity index (χ1) is 12.0. The molecule has 1 N–H and O–H groups in total. The average molecular weight is 348 g/mol. The number of hydrogen-bond donors (Lipinski definition) is 1. The Morgan fingerprint density at radius 2 is 1.64 bits per heavy atom. The molecule has 3 rings (SSSR count). The number of hydrogen-bond acceptors (Lipinski definition) is 3. The van der Waals surface area contributed by atoms with Gasteiger partial charge in [0.05, 0.1) is 23.7 Å². The lowest BCUT2D eigenvalue weighted by Gasteiger charge is -2.13. The number of alkyl halides is 2. The Bertz CT molecular complexity index is 916. The number of ether oxygens (including phenoxy) is 1. The number of halogens is 2. The zero-order valence-electron chi connectivity index (χ0n) is 13.6. The van der Waals surface area contributed by atoms with E-state index in [4.69, 9.17) is 0 Å². The summed E-state index contributed by atoms with van der Waals surface area (Å²) < 4.78 is 31.8. The SMILES string of the molecule is CCn1c(=O)n(CC(O)c2ccc(OC(F)F)cc2)c2ccccc21. The topological polar surface area (TPSA) is 56.4 Å². The summed E-state index contributed by atoms with van der Waals surface area (Å²) in [7, 11) is 0. The van der Waals surface area contributed by atoms with Crippen molar-refractivity contribution in [1.29, 1.82) is 0 Å². The van der Waals surface area contributed by atoms with Crippen LogP contribution in [-0.2, 0) is 13.1 Å². The summed E-state index contributed by atoms with van der Waals surface area (Å²) in [5, 5.41) is 10.5. The maximum absolute atomic E-state index is 12.6. The number of aliphatic hydroxyl groups is 1. The van der Waals surface area contributed by atoms with Crippen LogP contribution in [0, 0.1) is 0 Å². The Morgan fingerprint density at radius 1 is 1.04 bits per heavy atom. The van der Waals surface area contributed by atoms with Crippen molar-refractivity contribution < 1.29 is 18.6 Å². The van der Waals surface area contributed by atoms with Crippen LogP contribution >= 0.6 is 0 Å². The van der Waals surface area contributed by atoms with Gasteiger partial charge in [-0.05, 0) is 36.8 Å². The highest BCUT2D eigenvalue weighted by Gasteiger charge is 2.16. The number of aromatic nitrogens is 2. The van der Waals surface area contributed by atoms with Gasteiger partial charge in [-0.25, -0.2) is 4.79 Å². The lowest BCUT2D eigenvalue weighted by molar-refractivity contribution is -0.0498. The maximum atomic E-state index is 12.6. The summed E-state index contributed by atoms with van der Waals surface area (Å²) in [6.07, 6.45) is -0.950. The molecule has 0 radical (unpaired) electrons. The molecule has 7 heteroatoms. The number of imidazole rings is 1. The van der Waals surface area contributed by atoms with Crippen LogP contribution in [0.15, 0.2) is 53.3 Å². The molecule has 0 aliphatic heterocycles. The molecule has 0 spiro atoms. The predicted octanol–water partition coefficient (Wildman–Crippen LogP) is 3.16. The molecular formula is C18H18F2N2O3. The minimum atomic E-state index is -2.89. The molecule has 1 unspecified atom stereocenters. The van der Waals surface area contributed by atoms with Gasteiger partial charge in [-0.3, -0.25) is 9.13 Å². The van der Waals surface area contributed by atoms with Crippen LogP contribution < -0.4 is 10.4 Å². The number of benzene rings is 2. The zero-order valence-corrected chi connectivity index (χ0v) is 13.6. The molecule has 1 atom stereocenters. The van der Waals surface area contributed by atoms with Crippen molar-refractivity contribution in [3.05, 3.63) is 64.6 Å². The summed E-state index contributed by atoms with van der Waals surface area (Å²) in [6, 6.07) is 13.1. The van der Waals surface area contributed by atoms with Crippen LogP contribution in [0.4, 0.5) is 8.78 Å². The lowest BCUT2D eigenvalue weighted by atomic mass is 10.1. The Morgan fingerprint density at radius 3 is 2.20 bits per heavy atom. The number of rotatable bonds is 6. The number of fused-ring (bicyclic) bond motifs is 1. The molecule has 1 heterocycles. The standard InChI is InChI=1S/C18H18F2N2O3/c1-2-21-14-5-3-4-6-15(14)22(18(21)24)11-16(23)12-7-9-13(10-8-12)25-17(19)20/h3-10,16-17,23H,2,11H2,1H3. The quantitative estimate of drug-likeness (QED) is 0.744. The molecule has 5 nitrogen and oxygen atoms in total. The summed E-state index contributed by atoms with van der Waals surface area (Å²) >= 11 is 0. The highest BCUT2D eigenvalue weighted by molar-refractivity contribution is 5.76. The molecular weight excluding hydrogens is 330 g/mol. The van der Waals surface area contributed by atoms with E-state index in [1.807, 2.05) is 31.2 Å². The third kappa shape index (κ3) is 3.41. The van der Waals surface area contributed by atoms with Crippen molar-refractivity contribution in [1.82, 2.24) is 9.13 Å². The molecule has 1 aromatic heterocycles. The van der Waals surface area contributed by atoms with Crippen molar-refractivity contribution in [2.45, 2.75) is 32.7 Å². The third-order valence-electron chi connectivity index (χ3n) is 4.09. The Balaban J connectivity index is 1.88. The molecule has 0 bridgehead atoms. The molecule has 132 valence electrons. The largest absolute Gasteiger partial charge is 0.435 e. The van der Waals surface area contributed by atoms with E-state index in [0.29, 0.717) is 12.1 Å². The predicted molar refractivity (Wildman–Crippen MR) is 89.9 cm³/mol. The van der Waals surface area contributed by atoms with Crippen molar-refractivity contribution in [3.63, 3.8) is 0 Å². The minimum absolute atomic E-state index is 0.0192. The van der Waals surface area contributed by atoms with Gasteiger partial charge in [-0.15, -0.1) is 0 Å². The number of nitrogens with zero attached hydrogens (tertiary/aromatic N) is 2. The third-order valence-corrected chi connectivity index (χ3v) is 4.09. The first kappa shape index (κ1) is 17.2. The summed E-state index contributed by atoms with van der Waals surface area (Å²) in [6.45, 7) is -0.408. The van der Waals surface area contributed by atoms with Crippen LogP contribution in [-0.4, -0.2) is 20.9 Å². The van der Waals surface area contributed by atoms with Crippen molar-refractivity contribution in [2.24, 2.45) is 0 Å². The molecule has 2 aromatic carbocycles. The fourth-order valence-electron chi connectivity index (χ4n) is 2.90. The molecule has 0 aliphatic rings. The number of aliphatic hydroxyl groups excluding tert-OH is 1. The average Bonchev–Trinajstić information content (AvgIpc) is 2.86. The Kier molecular flexibility index (Phi) is 4.85. The van der Waals surface area contributed by atoms with E-state index in [0.717, 1.165) is 11.0 Å². The highest BCUT2D eigenvalue weighted by Crippen LogP contribution is 2.22. The second-order valence-electron chi connectivity index (χ2n) is 5.59. The van der Waals surface area contributed by atoms with Gasteiger partial charge in [-0.2, -0.15) is 8.78 Å². The number of aryl methyl sites for hydroxylation is 1. The van der Waals surface area contributed by atoms with E-state index in [9.17, 15) is 18.7 Å². The van der Waals surface area contributed by atoms with Crippen molar-refractivity contribution >= 4 is 11.0 Å². The molecule has 0 saturated heterocycles. The molecule has 3 aromatic rings. The summed E-state index contributed by atoms with van der Waals surface area (Å²) in [5.74, 6) is 0.0192. The van der Waals surface area contributed by atoms with Gasteiger partial charge in [0.15, 0.2) is 0 Å². The van der Waals surface area contributed by atoms with Gasteiger partial charge < -0.3 is 9.84 Å². The summed E-state index contributed by atoms with van der Waals surface area (Å²) in [5.41, 5.74) is 1.87. The first-order valence-corrected chi connectivity index (χ1v) is 7.92. The highest BCUT2D eigenvalue weighted by atomic mass is 19.3. The van der Waals surface area contributed by atoms with E-state index in [1.165, 1.54) is 28.8 Å². The van der Waals surface area contributed by atoms with E-state index in [1.54, 1.807) is 4.57 Å². The van der Waals surface area contributed by atoms with Crippen molar-refractivity contribution in [2.75, 3.05) is 0 Å². The molecule has 0 fully saturated rings. The maximum Gasteiger partial charge on any atom is 0.387 e. The van der Waals surface area contributed by atoms with E-state index < -0.39 is 12.7 Å². The van der Waals surface area contributed by atoms with Crippen LogP contribution in [0.5, 0.6) is 5.75 Å². The fourth-order valence-corrected chi connectivity index (χ4v) is 2.90. The molecule has 0 aliphatic carbocycles. The normalized spacial score (nSPS) is 12.7. The van der Waals surface area contributed by atoms with E-state index in [2.05, 4.69) is 4.74 Å². The van der Waals surface area contributed by atoms with Gasteiger partial charge >= 0.3 is 12.3 Å². The van der Waals surface area contributed by atoms with Gasteiger partial charge in [-0.1, -0.05) is 24.3 Å². The Labute approximate surface area is 142 Å². The zero-order chi connectivity index (χ0) is 18.0. The smallest absolute Gasteiger partial charge is 0.387 e. The fraction of sp³-hybridized carbons (Fsp3) is 0.278. The van der Waals surface area contributed by atoms with E-state index in [-0.39, 0.29) is 18.0 Å². The van der Waals surface area contributed by atoms with Crippen molar-refractivity contribution in [3.8, 4) is 5.75 Å². The van der Waals surface area contributed by atoms with Crippen LogP contribution in [0.25, 0.3) is 11.0 Å². The molecule has 25 heavy (non-hydrogen) atoms. The first-order valence-electron chi connectivity index (χ1n) is 7.92. The van der Waals surface area contributed by atoms with Gasteiger partial charge in [0.1, 0.15) is 5.75 Å². The van der Waals surface area contributed by atoms with E-state index >= 15 is 0 Å². The van der Waals surface area contributed by atoms with Gasteiger partial charge in [0.2, 0.25) is 0 Å². The molecule has 0 amide bonds. The molecule has 0 saturated carbocycles. The second-order valence-corrected chi connectivity index (χ2v) is 5.59. The summed E-state index contributed by atoms with van der Waals surface area (Å²) in [4.78, 5) is 12.6. The van der Waals surface area contributed by atoms with Gasteiger partial charge in [0, 0.05) is 6.54 Å². The van der Waals surface area contributed by atoms with Crippen LogP contribution in [0.2, 0.25) is 0 Å². The van der Waals surface area contributed by atoms with Crippen LogP contribution in [0.3, 0.4) is 0 Å². The Hall–Kier alpha value is -2.67. The minimum Gasteiger partial charge on any atom is -0.435 e. The van der Waals surface area contributed by atoms with Gasteiger partial charge in [0.25, 0.3) is 0 Å². The second kappa shape index (κ2) is 7.06. The monoisotopic (exact) mass is 348 g/mol. The van der Waals surface area contributed by atoms with Crippen LogP contribution in [0.1, 0.15) is 18.6 Å². The number of para-hydroxylation sites is 2.